The Kier molecular flexibility index (Phi) is 5.03. The number of nitrogens with zero attached hydrogens (tertiary/aromatic N) is 2. The second kappa shape index (κ2) is 7.46. The Morgan fingerprint density at radius 1 is 1.07 bits per heavy atom. The molecule has 0 spiro atoms. The van der Waals surface area contributed by atoms with Crippen molar-refractivity contribution in [2.45, 2.75) is 31.8 Å². The van der Waals surface area contributed by atoms with E-state index in [1.165, 1.54) is 22.4 Å². The van der Waals surface area contributed by atoms with Gasteiger partial charge in [-0.15, -0.1) is 0 Å². The van der Waals surface area contributed by atoms with Crippen molar-refractivity contribution >= 4 is 16.1 Å². The Labute approximate surface area is 159 Å². The summed E-state index contributed by atoms with van der Waals surface area (Å²) in [6, 6.07) is 9.46. The molecule has 1 amide bonds. The van der Waals surface area contributed by atoms with Crippen molar-refractivity contribution in [3.63, 3.8) is 0 Å². The van der Waals surface area contributed by atoms with E-state index in [2.05, 4.69) is 10.8 Å². The molecule has 2 aliphatic heterocycles. The van der Waals surface area contributed by atoms with E-state index in [0.29, 0.717) is 44.6 Å². The summed E-state index contributed by atoms with van der Waals surface area (Å²) >= 11 is 0. The Balaban J connectivity index is 1.34. The van der Waals surface area contributed by atoms with Gasteiger partial charge in [-0.2, -0.15) is 17.4 Å². The first-order chi connectivity index (χ1) is 13.0. The number of benzene rings is 1. The van der Waals surface area contributed by atoms with E-state index in [1.54, 1.807) is 11.0 Å². The number of furan rings is 1. The Morgan fingerprint density at radius 2 is 1.81 bits per heavy atom. The molecule has 4 rings (SSSR count). The van der Waals surface area contributed by atoms with E-state index < -0.39 is 10.2 Å². The summed E-state index contributed by atoms with van der Waals surface area (Å²) in [5.74, 6) is -0.0716. The van der Waals surface area contributed by atoms with Gasteiger partial charge in [0.25, 0.3) is 16.1 Å². The van der Waals surface area contributed by atoms with Crippen molar-refractivity contribution in [3.8, 4) is 0 Å². The smallest absolute Gasteiger partial charge is 0.280 e. The van der Waals surface area contributed by atoms with Crippen LogP contribution in [0.25, 0.3) is 0 Å². The summed E-state index contributed by atoms with van der Waals surface area (Å²) in [6.07, 6.45) is 4.85. The largest absolute Gasteiger partial charge is 0.472 e. The van der Waals surface area contributed by atoms with Crippen molar-refractivity contribution in [3.05, 3.63) is 59.5 Å². The minimum Gasteiger partial charge on any atom is -0.472 e. The molecule has 8 heteroatoms. The van der Waals surface area contributed by atoms with E-state index in [9.17, 15) is 13.2 Å². The highest BCUT2D eigenvalue weighted by Crippen LogP contribution is 2.21. The first kappa shape index (κ1) is 18.2. The number of piperidine rings is 1. The first-order valence-electron chi connectivity index (χ1n) is 9.18. The number of likely N-dealkylation sites (tertiary alicyclic amines) is 1. The second-order valence-electron chi connectivity index (χ2n) is 7.05. The van der Waals surface area contributed by atoms with Gasteiger partial charge in [-0.1, -0.05) is 24.3 Å². The van der Waals surface area contributed by atoms with Crippen LogP contribution in [-0.2, 0) is 23.2 Å². The highest BCUT2D eigenvalue weighted by molar-refractivity contribution is 7.87. The third-order valence-electron chi connectivity index (χ3n) is 5.30. The molecule has 0 saturated carbocycles. The number of amides is 1. The second-order valence-corrected chi connectivity index (χ2v) is 8.76. The number of rotatable bonds is 4. The maximum Gasteiger partial charge on any atom is 0.280 e. The summed E-state index contributed by atoms with van der Waals surface area (Å²) in [5, 5.41) is 0. The predicted octanol–water partition coefficient (Wildman–Crippen LogP) is 1.78. The van der Waals surface area contributed by atoms with Crippen LogP contribution in [0, 0.1) is 0 Å². The van der Waals surface area contributed by atoms with Crippen LogP contribution in [0.2, 0.25) is 0 Å². The molecule has 1 aromatic heterocycles. The number of nitrogens with one attached hydrogen (secondary N) is 1. The van der Waals surface area contributed by atoms with Crippen molar-refractivity contribution in [1.82, 2.24) is 13.9 Å². The Bertz CT molecular complexity index is 903. The highest BCUT2D eigenvalue weighted by Gasteiger charge is 2.31. The van der Waals surface area contributed by atoms with Gasteiger partial charge in [0.15, 0.2) is 0 Å². The lowest BCUT2D eigenvalue weighted by Crippen LogP contribution is -2.51. The number of carbonyl (C=O) groups excluding carboxylic acids is 1. The van der Waals surface area contributed by atoms with Gasteiger partial charge >= 0.3 is 0 Å². The fraction of sp³-hybridized carbons (Fsp3) is 0.421. The van der Waals surface area contributed by atoms with Crippen LogP contribution < -0.4 is 4.72 Å². The molecule has 0 aliphatic carbocycles. The Hall–Kier alpha value is -2.16. The molecule has 1 saturated heterocycles. The monoisotopic (exact) mass is 389 g/mol. The van der Waals surface area contributed by atoms with Crippen LogP contribution in [0.4, 0.5) is 0 Å². The molecule has 1 aromatic carbocycles. The Morgan fingerprint density at radius 3 is 2.52 bits per heavy atom. The predicted molar refractivity (Wildman–Crippen MR) is 100 cm³/mol. The molecule has 1 fully saturated rings. The summed E-state index contributed by atoms with van der Waals surface area (Å²) in [4.78, 5) is 14.1. The van der Waals surface area contributed by atoms with Crippen molar-refractivity contribution < 1.29 is 17.6 Å². The van der Waals surface area contributed by atoms with Gasteiger partial charge < -0.3 is 9.32 Å². The minimum absolute atomic E-state index is 0.0716. The standard InChI is InChI=1S/C19H23N3O4S/c23-19(17-8-12-26-14-17)21-9-6-18(7-10-21)20-27(24,25)22-11-5-15-3-1-2-4-16(15)13-22/h1-4,8,12,14,18,20H,5-7,9-11,13H2. The lowest BCUT2D eigenvalue weighted by Gasteiger charge is -2.34. The van der Waals surface area contributed by atoms with Crippen LogP contribution in [0.5, 0.6) is 0 Å². The van der Waals surface area contributed by atoms with Gasteiger partial charge in [0.2, 0.25) is 0 Å². The van der Waals surface area contributed by atoms with Gasteiger partial charge in [0.1, 0.15) is 6.26 Å². The van der Waals surface area contributed by atoms with Gasteiger partial charge in [-0.25, -0.2) is 0 Å². The van der Waals surface area contributed by atoms with Gasteiger partial charge in [0.05, 0.1) is 11.8 Å². The SMILES string of the molecule is O=C(c1ccoc1)N1CCC(NS(=O)(=O)N2CCc3ccccc3C2)CC1. The third kappa shape index (κ3) is 3.92. The minimum atomic E-state index is -3.54. The summed E-state index contributed by atoms with van der Waals surface area (Å²) < 4.78 is 34.9. The molecule has 0 unspecified atom stereocenters. The van der Waals surface area contributed by atoms with E-state index >= 15 is 0 Å². The molecule has 1 N–H and O–H groups in total. The van der Waals surface area contributed by atoms with Gasteiger partial charge in [-0.05, 0) is 36.5 Å². The zero-order valence-electron chi connectivity index (χ0n) is 15.0. The lowest BCUT2D eigenvalue weighted by molar-refractivity contribution is 0.0710. The molecule has 0 radical (unpaired) electrons. The zero-order chi connectivity index (χ0) is 18.9. The van der Waals surface area contributed by atoms with Crippen LogP contribution >= 0.6 is 0 Å². The van der Waals surface area contributed by atoms with E-state index in [0.717, 1.165) is 12.0 Å². The fourth-order valence-electron chi connectivity index (χ4n) is 3.73. The average Bonchev–Trinajstić information content (AvgIpc) is 3.22. The van der Waals surface area contributed by atoms with Crippen LogP contribution in [0.3, 0.4) is 0 Å². The molecule has 27 heavy (non-hydrogen) atoms. The molecule has 0 bridgehead atoms. The number of hydrogen-bond acceptors (Lipinski definition) is 4. The van der Waals surface area contributed by atoms with Crippen LogP contribution in [-0.4, -0.2) is 49.2 Å². The van der Waals surface area contributed by atoms with Crippen LogP contribution in [0.1, 0.15) is 34.3 Å². The number of fused-ring (bicyclic) bond motifs is 1. The molecule has 7 nitrogen and oxygen atoms in total. The van der Waals surface area contributed by atoms with Crippen molar-refractivity contribution in [2.24, 2.45) is 0 Å². The number of carbonyl (C=O) groups is 1. The first-order valence-corrected chi connectivity index (χ1v) is 10.6. The average molecular weight is 389 g/mol. The maximum absolute atomic E-state index is 12.8. The summed E-state index contributed by atoms with van der Waals surface area (Å²) in [7, 11) is -3.54. The molecule has 144 valence electrons. The van der Waals surface area contributed by atoms with Crippen LogP contribution in [0.15, 0.2) is 47.3 Å². The highest BCUT2D eigenvalue weighted by atomic mass is 32.2. The maximum atomic E-state index is 12.8. The molecular formula is C19H23N3O4S. The van der Waals surface area contributed by atoms with E-state index in [4.69, 9.17) is 4.42 Å². The van der Waals surface area contributed by atoms with Crippen molar-refractivity contribution in [2.75, 3.05) is 19.6 Å². The van der Waals surface area contributed by atoms with Gasteiger partial charge in [-0.3, -0.25) is 4.79 Å². The molecule has 0 atom stereocenters. The fourth-order valence-corrected chi connectivity index (χ4v) is 5.18. The van der Waals surface area contributed by atoms with E-state index in [-0.39, 0.29) is 11.9 Å². The normalized spacial score (nSPS) is 19.0. The molecule has 3 heterocycles. The molecular weight excluding hydrogens is 366 g/mol. The summed E-state index contributed by atoms with van der Waals surface area (Å²) in [5.41, 5.74) is 2.81. The van der Waals surface area contributed by atoms with Crippen molar-refractivity contribution in [1.29, 1.82) is 0 Å². The summed E-state index contributed by atoms with van der Waals surface area (Å²) in [6.45, 7) is 1.95. The lowest BCUT2D eigenvalue weighted by atomic mass is 10.0. The topological polar surface area (TPSA) is 82.9 Å². The number of hydrogen-bond donors (Lipinski definition) is 1. The van der Waals surface area contributed by atoms with Gasteiger partial charge in [0, 0.05) is 32.2 Å². The molecule has 2 aliphatic rings. The third-order valence-corrected chi connectivity index (χ3v) is 6.92. The zero-order valence-corrected chi connectivity index (χ0v) is 15.8. The van der Waals surface area contributed by atoms with E-state index in [1.807, 2.05) is 18.2 Å². The quantitative estimate of drug-likeness (QED) is 0.864. The molecule has 2 aromatic rings.